The van der Waals surface area contributed by atoms with Gasteiger partial charge in [-0.15, -0.1) is 6.58 Å². The van der Waals surface area contributed by atoms with Crippen molar-refractivity contribution >= 4 is 11.8 Å². The second-order valence-corrected chi connectivity index (χ2v) is 5.70. The van der Waals surface area contributed by atoms with Crippen LogP contribution in [0.1, 0.15) is 15.9 Å². The Bertz CT molecular complexity index is 638. The third kappa shape index (κ3) is 5.06. The topological polar surface area (TPSA) is 52.7 Å². The Morgan fingerprint density at radius 1 is 1.16 bits per heavy atom. The lowest BCUT2D eigenvalue weighted by atomic mass is 10.1. The first-order valence-electron chi connectivity index (χ1n) is 7.88. The molecule has 0 spiro atoms. The average Bonchev–Trinajstić information content (AvgIpc) is 2.59. The van der Waals surface area contributed by atoms with E-state index in [4.69, 9.17) is 0 Å². The minimum atomic E-state index is -4.57. The summed E-state index contributed by atoms with van der Waals surface area (Å²) in [6.07, 6.45) is -3.00. The van der Waals surface area contributed by atoms with Crippen molar-refractivity contribution in [2.75, 3.05) is 39.3 Å². The molecule has 2 amide bonds. The number of nitrogens with one attached hydrogen (secondary N) is 1. The van der Waals surface area contributed by atoms with Crippen LogP contribution in [0, 0.1) is 0 Å². The van der Waals surface area contributed by atoms with Gasteiger partial charge in [0, 0.05) is 32.7 Å². The number of carbonyl (C=O) groups is 2. The predicted octanol–water partition coefficient (Wildman–Crippen LogP) is 1.77. The predicted molar refractivity (Wildman–Crippen MR) is 87.0 cm³/mol. The van der Waals surface area contributed by atoms with E-state index in [-0.39, 0.29) is 31.1 Å². The van der Waals surface area contributed by atoms with Crippen LogP contribution in [0.2, 0.25) is 0 Å². The minimum absolute atomic E-state index is 0.151. The highest BCUT2D eigenvalue weighted by Crippen LogP contribution is 2.32. The molecule has 0 unspecified atom stereocenters. The van der Waals surface area contributed by atoms with E-state index in [9.17, 15) is 22.8 Å². The molecule has 1 fully saturated rings. The molecule has 1 heterocycles. The largest absolute Gasteiger partial charge is 0.417 e. The van der Waals surface area contributed by atoms with Crippen LogP contribution >= 0.6 is 0 Å². The van der Waals surface area contributed by atoms with Gasteiger partial charge in [-0.1, -0.05) is 18.2 Å². The van der Waals surface area contributed by atoms with Crippen LogP contribution in [-0.2, 0) is 11.0 Å². The highest BCUT2D eigenvalue weighted by atomic mass is 19.4. The van der Waals surface area contributed by atoms with Crippen molar-refractivity contribution in [1.29, 1.82) is 0 Å². The highest BCUT2D eigenvalue weighted by molar-refractivity contribution is 5.96. The summed E-state index contributed by atoms with van der Waals surface area (Å²) in [6, 6.07) is 4.79. The lowest BCUT2D eigenvalue weighted by Gasteiger charge is -2.34. The number of nitrogens with zero attached hydrogens (tertiary/aromatic N) is 2. The zero-order valence-electron chi connectivity index (χ0n) is 13.7. The highest BCUT2D eigenvalue weighted by Gasteiger charge is 2.36. The van der Waals surface area contributed by atoms with Crippen LogP contribution in [0.5, 0.6) is 0 Å². The van der Waals surface area contributed by atoms with Crippen LogP contribution < -0.4 is 5.32 Å². The Morgan fingerprint density at radius 2 is 1.80 bits per heavy atom. The van der Waals surface area contributed by atoms with Gasteiger partial charge in [-0.25, -0.2) is 0 Å². The molecule has 8 heteroatoms. The molecule has 1 aliphatic heterocycles. The fraction of sp³-hybridized carbons (Fsp3) is 0.412. The van der Waals surface area contributed by atoms with E-state index in [1.165, 1.54) is 23.1 Å². The van der Waals surface area contributed by atoms with Gasteiger partial charge in [0.1, 0.15) is 0 Å². The first-order valence-corrected chi connectivity index (χ1v) is 7.88. The van der Waals surface area contributed by atoms with Gasteiger partial charge in [-0.3, -0.25) is 14.5 Å². The van der Waals surface area contributed by atoms with Gasteiger partial charge in [-0.2, -0.15) is 13.2 Å². The number of carbonyl (C=O) groups excluding carboxylic acids is 2. The summed E-state index contributed by atoms with van der Waals surface area (Å²) in [4.78, 5) is 27.4. The van der Waals surface area contributed by atoms with Gasteiger partial charge >= 0.3 is 6.18 Å². The molecule has 5 nitrogen and oxygen atoms in total. The summed E-state index contributed by atoms with van der Waals surface area (Å²) in [6.45, 7) is 5.50. The number of halogens is 3. The fourth-order valence-electron chi connectivity index (χ4n) is 2.64. The van der Waals surface area contributed by atoms with Gasteiger partial charge in [0.15, 0.2) is 0 Å². The molecule has 1 aliphatic rings. The molecular weight excluding hydrogens is 335 g/mol. The van der Waals surface area contributed by atoms with Crippen molar-refractivity contribution in [2.45, 2.75) is 6.18 Å². The zero-order valence-corrected chi connectivity index (χ0v) is 13.7. The average molecular weight is 355 g/mol. The van der Waals surface area contributed by atoms with Gasteiger partial charge < -0.3 is 10.2 Å². The maximum Gasteiger partial charge on any atom is 0.417 e. The molecule has 0 radical (unpaired) electrons. The van der Waals surface area contributed by atoms with Gasteiger partial charge in [0.2, 0.25) is 5.91 Å². The summed E-state index contributed by atoms with van der Waals surface area (Å²) in [5, 5.41) is 2.66. The Morgan fingerprint density at radius 3 is 2.40 bits per heavy atom. The maximum absolute atomic E-state index is 13.1. The van der Waals surface area contributed by atoms with Gasteiger partial charge in [-0.05, 0) is 12.1 Å². The number of piperazine rings is 1. The van der Waals surface area contributed by atoms with Crippen molar-refractivity contribution in [2.24, 2.45) is 0 Å². The first kappa shape index (κ1) is 19.0. The van der Waals surface area contributed by atoms with E-state index >= 15 is 0 Å². The second-order valence-electron chi connectivity index (χ2n) is 5.70. The monoisotopic (exact) mass is 355 g/mol. The van der Waals surface area contributed by atoms with E-state index in [2.05, 4.69) is 11.9 Å². The van der Waals surface area contributed by atoms with E-state index in [1.54, 1.807) is 6.08 Å². The Balaban J connectivity index is 1.96. The molecule has 2 rings (SSSR count). The van der Waals surface area contributed by atoms with Crippen LogP contribution in [0.25, 0.3) is 0 Å². The summed E-state index contributed by atoms with van der Waals surface area (Å²) >= 11 is 0. The summed E-state index contributed by atoms with van der Waals surface area (Å²) < 4.78 is 39.2. The molecule has 0 atom stereocenters. The summed E-state index contributed by atoms with van der Waals surface area (Å²) in [7, 11) is 0. The molecule has 0 saturated carbocycles. The molecular formula is C17H20F3N3O2. The second kappa shape index (κ2) is 8.15. The summed E-state index contributed by atoms with van der Waals surface area (Å²) in [5.41, 5.74) is -1.27. The van der Waals surface area contributed by atoms with Crippen LogP contribution in [0.4, 0.5) is 13.2 Å². The van der Waals surface area contributed by atoms with E-state index in [1.807, 2.05) is 4.90 Å². The fourth-order valence-corrected chi connectivity index (χ4v) is 2.64. The number of rotatable bonds is 5. The van der Waals surface area contributed by atoms with Crippen LogP contribution in [-0.4, -0.2) is 60.9 Å². The molecule has 0 bridgehead atoms. The van der Waals surface area contributed by atoms with Crippen molar-refractivity contribution in [3.05, 3.63) is 48.0 Å². The summed E-state index contributed by atoms with van der Waals surface area (Å²) in [5.74, 6) is -0.786. The third-order valence-corrected chi connectivity index (χ3v) is 3.93. The van der Waals surface area contributed by atoms with E-state index in [0.717, 1.165) is 6.07 Å². The van der Waals surface area contributed by atoms with Crippen LogP contribution in [0.15, 0.2) is 36.9 Å². The lowest BCUT2D eigenvalue weighted by molar-refractivity contribution is -0.138. The number of hydrogen-bond donors (Lipinski definition) is 1. The maximum atomic E-state index is 13.1. The van der Waals surface area contributed by atoms with Crippen molar-refractivity contribution in [1.82, 2.24) is 15.1 Å². The number of hydrogen-bond acceptors (Lipinski definition) is 3. The van der Waals surface area contributed by atoms with E-state index < -0.39 is 17.6 Å². The zero-order chi connectivity index (χ0) is 18.4. The minimum Gasteiger partial charge on any atom is -0.352 e. The quantitative estimate of drug-likeness (QED) is 0.819. The SMILES string of the molecule is C=CCNC(=O)CN1CCN(C(=O)c2ccccc2C(F)(F)F)CC1. The standard InChI is InChI=1S/C17H20F3N3O2/c1-2-7-21-15(24)12-22-8-10-23(11-9-22)16(25)13-5-3-4-6-14(13)17(18,19)20/h2-6H,1,7-12H2,(H,21,24). The third-order valence-electron chi connectivity index (χ3n) is 3.93. The molecule has 136 valence electrons. The molecule has 1 N–H and O–H groups in total. The van der Waals surface area contributed by atoms with E-state index in [0.29, 0.717) is 19.6 Å². The Kier molecular flexibility index (Phi) is 6.19. The van der Waals surface area contributed by atoms with Crippen LogP contribution in [0.3, 0.4) is 0 Å². The van der Waals surface area contributed by atoms with Crippen molar-refractivity contribution in [3.8, 4) is 0 Å². The smallest absolute Gasteiger partial charge is 0.352 e. The molecule has 0 aliphatic carbocycles. The molecule has 1 aromatic rings. The number of benzene rings is 1. The Labute approximate surface area is 144 Å². The number of amides is 2. The van der Waals surface area contributed by atoms with Gasteiger partial charge in [0.25, 0.3) is 5.91 Å². The van der Waals surface area contributed by atoms with Gasteiger partial charge in [0.05, 0.1) is 17.7 Å². The van der Waals surface area contributed by atoms with Crippen molar-refractivity contribution < 1.29 is 22.8 Å². The lowest BCUT2D eigenvalue weighted by Crippen LogP contribution is -2.51. The molecule has 25 heavy (non-hydrogen) atoms. The first-order chi connectivity index (χ1) is 11.8. The Hall–Kier alpha value is -2.35. The molecule has 1 aromatic carbocycles. The molecule has 1 saturated heterocycles. The molecule has 0 aromatic heterocycles. The van der Waals surface area contributed by atoms with Crippen molar-refractivity contribution in [3.63, 3.8) is 0 Å². The number of alkyl halides is 3. The normalized spacial score (nSPS) is 15.7.